The Kier molecular flexibility index (Phi) is 3.13. The van der Waals surface area contributed by atoms with Gasteiger partial charge < -0.3 is 5.32 Å². The van der Waals surface area contributed by atoms with Gasteiger partial charge in [-0.05, 0) is 24.0 Å². The highest BCUT2D eigenvalue weighted by molar-refractivity contribution is 8.13. The van der Waals surface area contributed by atoms with Crippen molar-refractivity contribution in [3.8, 4) is 0 Å². The van der Waals surface area contributed by atoms with Gasteiger partial charge in [-0.15, -0.1) is 0 Å². The van der Waals surface area contributed by atoms with Crippen LogP contribution in [0.4, 0.5) is 5.69 Å². The van der Waals surface area contributed by atoms with Crippen LogP contribution < -0.4 is 5.32 Å². The lowest BCUT2D eigenvalue weighted by atomic mass is 9.92. The molecule has 0 spiro atoms. The Bertz CT molecular complexity index is 499. The molecule has 1 heterocycles. The van der Waals surface area contributed by atoms with Crippen molar-refractivity contribution in [2.24, 2.45) is 5.92 Å². The third kappa shape index (κ3) is 2.18. The molecule has 1 atom stereocenters. The molecule has 1 aliphatic rings. The van der Waals surface area contributed by atoms with E-state index in [0.29, 0.717) is 11.6 Å². The molecular weight excluding hydrogens is 246 g/mol. The van der Waals surface area contributed by atoms with Crippen LogP contribution in [0, 0.1) is 5.92 Å². The highest BCUT2D eigenvalue weighted by Crippen LogP contribution is 2.33. The number of fused-ring (bicyclic) bond motifs is 1. The standard InChI is InChI=1S/C11H14ClNO2S/c1-2-8-6-9-4-3-5-10(16(12,14)15)11(9)13-7-8/h3-5,8,13H,2,6-7H2,1H3/t8-/m0/s1. The van der Waals surface area contributed by atoms with Crippen LogP contribution in [0.25, 0.3) is 0 Å². The molecule has 0 bridgehead atoms. The van der Waals surface area contributed by atoms with Crippen LogP contribution in [0.2, 0.25) is 0 Å². The van der Waals surface area contributed by atoms with Crippen LogP contribution >= 0.6 is 10.7 Å². The maximum Gasteiger partial charge on any atom is 0.263 e. The highest BCUT2D eigenvalue weighted by Gasteiger charge is 2.23. The average molecular weight is 260 g/mol. The largest absolute Gasteiger partial charge is 0.383 e. The van der Waals surface area contributed by atoms with Gasteiger partial charge in [0.15, 0.2) is 0 Å². The second-order valence-corrected chi connectivity index (χ2v) is 6.62. The van der Waals surface area contributed by atoms with Gasteiger partial charge in [-0.2, -0.15) is 0 Å². The Morgan fingerprint density at radius 1 is 1.50 bits per heavy atom. The van der Waals surface area contributed by atoms with Gasteiger partial charge in [0, 0.05) is 17.2 Å². The molecule has 0 fully saturated rings. The van der Waals surface area contributed by atoms with Crippen LogP contribution in [-0.2, 0) is 15.5 Å². The molecule has 0 saturated carbocycles. The van der Waals surface area contributed by atoms with Crippen molar-refractivity contribution in [2.75, 3.05) is 11.9 Å². The molecular formula is C11H14ClNO2S. The Labute approximate surface area is 100 Å². The van der Waals surface area contributed by atoms with E-state index in [2.05, 4.69) is 12.2 Å². The van der Waals surface area contributed by atoms with Gasteiger partial charge >= 0.3 is 0 Å². The molecule has 16 heavy (non-hydrogen) atoms. The minimum atomic E-state index is -3.66. The lowest BCUT2D eigenvalue weighted by molar-refractivity contribution is 0.518. The molecule has 0 amide bonds. The number of halogens is 1. The van der Waals surface area contributed by atoms with E-state index in [1.165, 1.54) is 0 Å². The zero-order chi connectivity index (χ0) is 11.8. The molecule has 0 radical (unpaired) electrons. The number of rotatable bonds is 2. The van der Waals surface area contributed by atoms with E-state index in [4.69, 9.17) is 10.7 Å². The monoisotopic (exact) mass is 259 g/mol. The average Bonchev–Trinajstić information content (AvgIpc) is 2.26. The summed E-state index contributed by atoms with van der Waals surface area (Å²) in [4.78, 5) is 0.196. The fraction of sp³-hybridized carbons (Fsp3) is 0.455. The first-order valence-corrected chi connectivity index (χ1v) is 7.63. The van der Waals surface area contributed by atoms with E-state index in [1.807, 2.05) is 6.07 Å². The number of hydrogen-bond acceptors (Lipinski definition) is 3. The van der Waals surface area contributed by atoms with Crippen molar-refractivity contribution in [3.63, 3.8) is 0 Å². The van der Waals surface area contributed by atoms with Crippen molar-refractivity contribution in [2.45, 2.75) is 24.7 Å². The van der Waals surface area contributed by atoms with Gasteiger partial charge in [-0.25, -0.2) is 8.42 Å². The number of hydrogen-bond donors (Lipinski definition) is 1. The first-order chi connectivity index (χ1) is 7.52. The second-order valence-electron chi connectivity index (χ2n) is 4.09. The van der Waals surface area contributed by atoms with Gasteiger partial charge in [0.25, 0.3) is 9.05 Å². The van der Waals surface area contributed by atoms with E-state index < -0.39 is 9.05 Å². The minimum Gasteiger partial charge on any atom is -0.383 e. The van der Waals surface area contributed by atoms with E-state index in [9.17, 15) is 8.42 Å². The third-order valence-corrected chi connectivity index (χ3v) is 4.39. The Hall–Kier alpha value is -0.740. The van der Waals surface area contributed by atoms with Crippen LogP contribution in [0.5, 0.6) is 0 Å². The van der Waals surface area contributed by atoms with Crippen molar-refractivity contribution >= 4 is 25.4 Å². The highest BCUT2D eigenvalue weighted by atomic mass is 35.7. The Morgan fingerprint density at radius 2 is 2.25 bits per heavy atom. The van der Waals surface area contributed by atoms with Crippen LogP contribution in [0.15, 0.2) is 23.1 Å². The lowest BCUT2D eigenvalue weighted by Crippen LogP contribution is -2.23. The maximum atomic E-state index is 11.4. The second kappa shape index (κ2) is 4.26. The number of para-hydroxylation sites is 1. The summed E-state index contributed by atoms with van der Waals surface area (Å²) in [5.74, 6) is 0.570. The molecule has 88 valence electrons. The minimum absolute atomic E-state index is 0.196. The summed E-state index contributed by atoms with van der Waals surface area (Å²) in [7, 11) is 1.74. The quantitative estimate of drug-likeness (QED) is 0.831. The summed E-state index contributed by atoms with van der Waals surface area (Å²) in [6.45, 7) is 2.95. The summed E-state index contributed by atoms with van der Waals surface area (Å²) in [5.41, 5.74) is 1.72. The molecule has 1 aromatic carbocycles. The first kappa shape index (κ1) is 11.7. The zero-order valence-corrected chi connectivity index (χ0v) is 10.6. The van der Waals surface area contributed by atoms with Crippen LogP contribution in [0.1, 0.15) is 18.9 Å². The number of benzene rings is 1. The normalized spacial score (nSPS) is 20.0. The molecule has 5 heteroatoms. The van der Waals surface area contributed by atoms with E-state index in [0.717, 1.165) is 24.9 Å². The Balaban J connectivity index is 2.47. The number of nitrogens with one attached hydrogen (secondary N) is 1. The van der Waals surface area contributed by atoms with Crippen molar-refractivity contribution in [3.05, 3.63) is 23.8 Å². The summed E-state index contributed by atoms with van der Waals surface area (Å²) >= 11 is 0. The van der Waals surface area contributed by atoms with Crippen LogP contribution in [0.3, 0.4) is 0 Å². The predicted octanol–water partition coefficient (Wildman–Crippen LogP) is 2.61. The lowest BCUT2D eigenvalue weighted by Gasteiger charge is -2.26. The van der Waals surface area contributed by atoms with Gasteiger partial charge in [0.2, 0.25) is 0 Å². The molecule has 1 N–H and O–H groups in total. The molecule has 0 unspecified atom stereocenters. The summed E-state index contributed by atoms with van der Waals surface area (Å²) in [6.07, 6.45) is 2.00. The van der Waals surface area contributed by atoms with E-state index >= 15 is 0 Å². The maximum absolute atomic E-state index is 11.4. The van der Waals surface area contributed by atoms with Crippen molar-refractivity contribution in [1.29, 1.82) is 0 Å². The summed E-state index contributed by atoms with van der Waals surface area (Å²) in [5, 5.41) is 3.18. The van der Waals surface area contributed by atoms with E-state index in [-0.39, 0.29) is 4.90 Å². The first-order valence-electron chi connectivity index (χ1n) is 5.32. The molecule has 1 aromatic rings. The Morgan fingerprint density at radius 3 is 2.88 bits per heavy atom. The molecule has 3 nitrogen and oxygen atoms in total. The zero-order valence-electron chi connectivity index (χ0n) is 9.03. The summed E-state index contributed by atoms with van der Waals surface area (Å²) < 4.78 is 22.8. The van der Waals surface area contributed by atoms with Gasteiger partial charge in [-0.1, -0.05) is 25.5 Å². The predicted molar refractivity (Wildman–Crippen MR) is 65.5 cm³/mol. The van der Waals surface area contributed by atoms with Crippen molar-refractivity contribution < 1.29 is 8.42 Å². The summed E-state index contributed by atoms with van der Waals surface area (Å²) in [6, 6.07) is 5.24. The van der Waals surface area contributed by atoms with E-state index in [1.54, 1.807) is 12.1 Å². The van der Waals surface area contributed by atoms with Gasteiger partial charge in [0.1, 0.15) is 4.90 Å². The van der Waals surface area contributed by atoms with Crippen molar-refractivity contribution in [1.82, 2.24) is 0 Å². The molecule has 0 saturated heterocycles. The van der Waals surface area contributed by atoms with Crippen LogP contribution in [-0.4, -0.2) is 15.0 Å². The SMILES string of the molecule is CC[C@@H]1CNc2c(cccc2S(=O)(=O)Cl)C1. The molecule has 0 aliphatic carbocycles. The van der Waals surface area contributed by atoms with Gasteiger partial charge in [0.05, 0.1) is 5.69 Å². The number of anilines is 1. The molecule has 0 aromatic heterocycles. The molecule has 1 aliphatic heterocycles. The fourth-order valence-electron chi connectivity index (χ4n) is 2.07. The molecule has 2 rings (SSSR count). The fourth-order valence-corrected chi connectivity index (χ4v) is 3.14. The smallest absolute Gasteiger partial charge is 0.263 e. The third-order valence-electron chi connectivity index (χ3n) is 3.03. The van der Waals surface area contributed by atoms with Gasteiger partial charge in [-0.3, -0.25) is 0 Å². The topological polar surface area (TPSA) is 46.2 Å².